The number of aryl methyl sites for hydroxylation is 1. The van der Waals surface area contributed by atoms with E-state index in [0.717, 1.165) is 19.6 Å². The van der Waals surface area contributed by atoms with E-state index in [-0.39, 0.29) is 5.56 Å². The second-order valence-corrected chi connectivity index (χ2v) is 2.75. The predicted molar refractivity (Wildman–Crippen MR) is 48.9 cm³/mol. The molecule has 0 amide bonds. The van der Waals surface area contributed by atoms with Gasteiger partial charge in [0.15, 0.2) is 0 Å². The van der Waals surface area contributed by atoms with Crippen molar-refractivity contribution in [2.75, 3.05) is 13.2 Å². The number of nitrogens with one attached hydrogen (secondary N) is 2. The van der Waals surface area contributed by atoms with Crippen molar-refractivity contribution >= 4 is 0 Å². The molecule has 14 heavy (non-hydrogen) atoms. The molecule has 0 aliphatic carbocycles. The molecule has 1 aromatic rings. The molecule has 1 aliphatic heterocycles. The van der Waals surface area contributed by atoms with Crippen LogP contribution >= 0.6 is 0 Å². The number of hydrogen-bond donors (Lipinski definition) is 2. The summed E-state index contributed by atoms with van der Waals surface area (Å²) in [6, 6.07) is 0. The lowest BCUT2D eigenvalue weighted by molar-refractivity contribution is -0.248. The molecule has 2 heterocycles. The maximum atomic E-state index is 10.6. The van der Waals surface area contributed by atoms with E-state index in [1.807, 2.05) is 0 Å². The number of aromatic nitrogens is 2. The Kier molecular flexibility index (Phi) is 4.09. The van der Waals surface area contributed by atoms with E-state index >= 15 is 0 Å². The van der Waals surface area contributed by atoms with Gasteiger partial charge in [-0.2, -0.15) is 0 Å². The standard InChI is InChI=1S/C5H6N2O2.C3H6O2/c1-3-2-6-5(9)7-4(3)8;1-2-4-5-3-1/h2H,1H3,(H2,6,7,8,9);1-3H2. The van der Waals surface area contributed by atoms with Gasteiger partial charge < -0.3 is 4.98 Å². The topological polar surface area (TPSA) is 84.2 Å². The lowest BCUT2D eigenvalue weighted by Crippen LogP contribution is -2.22. The zero-order chi connectivity index (χ0) is 10.4. The summed E-state index contributed by atoms with van der Waals surface area (Å²) >= 11 is 0. The smallest absolute Gasteiger partial charge is 0.314 e. The molecule has 1 aliphatic rings. The summed E-state index contributed by atoms with van der Waals surface area (Å²) in [4.78, 5) is 34.2. The molecule has 0 bridgehead atoms. The summed E-state index contributed by atoms with van der Waals surface area (Å²) in [5.74, 6) is 0. The van der Waals surface area contributed by atoms with Crippen LogP contribution in [-0.4, -0.2) is 23.2 Å². The highest BCUT2D eigenvalue weighted by molar-refractivity contribution is 4.98. The van der Waals surface area contributed by atoms with Gasteiger partial charge in [-0.25, -0.2) is 14.6 Å². The van der Waals surface area contributed by atoms with Crippen LogP contribution in [-0.2, 0) is 9.78 Å². The predicted octanol–water partition coefficient (Wildman–Crippen LogP) is -0.290. The van der Waals surface area contributed by atoms with Gasteiger partial charge in [-0.05, 0) is 6.92 Å². The maximum absolute atomic E-state index is 10.6. The molecule has 78 valence electrons. The van der Waals surface area contributed by atoms with Crippen LogP contribution in [0, 0.1) is 6.92 Å². The second-order valence-electron chi connectivity index (χ2n) is 2.75. The van der Waals surface area contributed by atoms with Gasteiger partial charge in [-0.3, -0.25) is 9.78 Å². The lowest BCUT2D eigenvalue weighted by atomic mass is 10.4. The van der Waals surface area contributed by atoms with Crippen molar-refractivity contribution in [2.45, 2.75) is 13.3 Å². The van der Waals surface area contributed by atoms with Crippen LogP contribution in [0.3, 0.4) is 0 Å². The van der Waals surface area contributed by atoms with E-state index in [1.54, 1.807) is 6.92 Å². The van der Waals surface area contributed by atoms with Crippen LogP contribution in [0.15, 0.2) is 15.8 Å². The van der Waals surface area contributed by atoms with E-state index in [1.165, 1.54) is 6.20 Å². The van der Waals surface area contributed by atoms with Crippen LogP contribution < -0.4 is 11.2 Å². The summed E-state index contributed by atoms with van der Waals surface area (Å²) in [6.45, 7) is 3.18. The quantitative estimate of drug-likeness (QED) is 0.563. The van der Waals surface area contributed by atoms with Crippen LogP contribution in [0.25, 0.3) is 0 Å². The van der Waals surface area contributed by atoms with Crippen molar-refractivity contribution < 1.29 is 9.78 Å². The van der Waals surface area contributed by atoms with Gasteiger partial charge in [0.05, 0.1) is 13.2 Å². The normalized spacial score (nSPS) is 14.6. The van der Waals surface area contributed by atoms with Crippen LogP contribution in [0.2, 0.25) is 0 Å². The average Bonchev–Trinajstić information content (AvgIpc) is 2.69. The average molecular weight is 200 g/mol. The van der Waals surface area contributed by atoms with Gasteiger partial charge in [-0.1, -0.05) is 0 Å². The van der Waals surface area contributed by atoms with Crippen molar-refractivity contribution in [1.82, 2.24) is 9.97 Å². The van der Waals surface area contributed by atoms with E-state index < -0.39 is 5.69 Å². The third-order valence-corrected chi connectivity index (χ3v) is 1.54. The van der Waals surface area contributed by atoms with Crippen LogP contribution in [0.5, 0.6) is 0 Å². The summed E-state index contributed by atoms with van der Waals surface area (Å²) in [5.41, 5.74) is -0.293. The van der Waals surface area contributed by atoms with E-state index in [2.05, 4.69) is 19.7 Å². The molecular weight excluding hydrogens is 188 g/mol. The monoisotopic (exact) mass is 200 g/mol. The maximum Gasteiger partial charge on any atom is 0.325 e. The van der Waals surface area contributed by atoms with Crippen molar-refractivity contribution in [2.24, 2.45) is 0 Å². The second kappa shape index (κ2) is 5.36. The Morgan fingerprint density at radius 1 is 1.29 bits per heavy atom. The lowest BCUT2D eigenvalue weighted by Gasteiger charge is -1.84. The van der Waals surface area contributed by atoms with Gasteiger partial charge in [0.2, 0.25) is 0 Å². The first-order valence-corrected chi connectivity index (χ1v) is 4.23. The molecule has 6 nitrogen and oxygen atoms in total. The summed E-state index contributed by atoms with van der Waals surface area (Å²) < 4.78 is 0. The zero-order valence-electron chi connectivity index (χ0n) is 7.83. The summed E-state index contributed by atoms with van der Waals surface area (Å²) in [7, 11) is 0. The Morgan fingerprint density at radius 2 is 1.93 bits per heavy atom. The largest absolute Gasteiger partial charge is 0.325 e. The SMILES string of the molecule is C1COOC1.Cc1c[nH]c(=O)[nH]c1=O. The molecule has 0 atom stereocenters. The van der Waals surface area contributed by atoms with E-state index in [9.17, 15) is 9.59 Å². The Bertz CT molecular complexity index is 370. The molecule has 0 unspecified atom stereocenters. The third kappa shape index (κ3) is 3.55. The molecule has 0 radical (unpaired) electrons. The van der Waals surface area contributed by atoms with Crippen molar-refractivity contribution in [1.29, 1.82) is 0 Å². The molecule has 2 N–H and O–H groups in total. The molecule has 2 rings (SSSR count). The summed E-state index contributed by atoms with van der Waals surface area (Å²) in [6.07, 6.45) is 2.43. The van der Waals surface area contributed by atoms with Gasteiger partial charge in [0, 0.05) is 18.2 Å². The Morgan fingerprint density at radius 3 is 2.29 bits per heavy atom. The molecule has 6 heteroatoms. The molecule has 1 aromatic heterocycles. The first-order valence-electron chi connectivity index (χ1n) is 4.23. The highest BCUT2D eigenvalue weighted by atomic mass is 17.2. The Hall–Kier alpha value is -1.40. The molecule has 0 spiro atoms. The fourth-order valence-electron chi connectivity index (χ4n) is 0.772. The van der Waals surface area contributed by atoms with Gasteiger partial charge in [0.1, 0.15) is 0 Å². The van der Waals surface area contributed by atoms with Crippen LogP contribution in [0.1, 0.15) is 12.0 Å². The fourth-order valence-corrected chi connectivity index (χ4v) is 0.772. The van der Waals surface area contributed by atoms with Gasteiger partial charge in [0.25, 0.3) is 5.56 Å². The molecular formula is C8H12N2O4. The number of rotatable bonds is 0. The first kappa shape index (κ1) is 10.7. The number of aromatic amines is 2. The minimum Gasteiger partial charge on any atom is -0.314 e. The molecule has 1 saturated heterocycles. The minimum atomic E-state index is -0.467. The number of H-pyrrole nitrogens is 2. The third-order valence-electron chi connectivity index (χ3n) is 1.54. The fraction of sp³-hybridized carbons (Fsp3) is 0.500. The van der Waals surface area contributed by atoms with Crippen molar-refractivity contribution in [3.05, 3.63) is 32.6 Å². The Balaban J connectivity index is 0.000000165. The van der Waals surface area contributed by atoms with Gasteiger partial charge in [-0.15, -0.1) is 0 Å². The first-order chi connectivity index (χ1) is 6.70. The van der Waals surface area contributed by atoms with Crippen LogP contribution in [0.4, 0.5) is 0 Å². The van der Waals surface area contributed by atoms with Crippen molar-refractivity contribution in [3.8, 4) is 0 Å². The Labute approximate surface area is 79.8 Å². The van der Waals surface area contributed by atoms with Crippen molar-refractivity contribution in [3.63, 3.8) is 0 Å². The van der Waals surface area contributed by atoms with E-state index in [0.29, 0.717) is 5.56 Å². The van der Waals surface area contributed by atoms with E-state index in [4.69, 9.17) is 0 Å². The molecule has 0 saturated carbocycles. The van der Waals surface area contributed by atoms with Gasteiger partial charge >= 0.3 is 5.69 Å². The highest BCUT2D eigenvalue weighted by Crippen LogP contribution is 1.93. The molecule has 1 fully saturated rings. The number of hydrogen-bond acceptors (Lipinski definition) is 4. The summed E-state index contributed by atoms with van der Waals surface area (Å²) in [5, 5.41) is 0. The minimum absolute atomic E-state index is 0.334. The highest BCUT2D eigenvalue weighted by Gasteiger charge is 1.95. The zero-order valence-corrected chi connectivity index (χ0v) is 7.83. The molecule has 0 aromatic carbocycles.